The zero-order valence-corrected chi connectivity index (χ0v) is 52.4. The number of hydrogen-bond acceptors (Lipinski definition) is 9. The van der Waals surface area contributed by atoms with Gasteiger partial charge in [0.2, 0.25) is 11.9 Å². The molecule has 9 nitrogen and oxygen atoms in total. The first kappa shape index (κ1) is 61.1. The summed E-state index contributed by atoms with van der Waals surface area (Å²) in [6.45, 7) is 52.8. The Labute approximate surface area is 470 Å². The average Bonchev–Trinajstić information content (AvgIpc) is 3.27. The fourth-order valence-corrected chi connectivity index (χ4v) is 10.3. The van der Waals surface area contributed by atoms with Crippen LogP contribution in [0.15, 0.2) is 78.9 Å². The molecular formula is C69H97N5O4. The number of aromatic nitrogens is 3. The van der Waals surface area contributed by atoms with Crippen LogP contribution in [0.5, 0.6) is 23.0 Å². The molecule has 0 bridgehead atoms. The fraction of sp³-hybridized carbons (Fsp3) is 0.522. The lowest BCUT2D eigenvalue weighted by Crippen LogP contribution is -2.30. The quantitative estimate of drug-likeness (QED) is 0.100. The van der Waals surface area contributed by atoms with Crippen LogP contribution in [0, 0.1) is 0 Å². The molecule has 422 valence electrons. The number of phenolic OH excluding ortho intramolecular Hbond substituents is 4. The van der Waals surface area contributed by atoms with Crippen molar-refractivity contribution in [1.29, 1.82) is 0 Å². The second-order valence-electron chi connectivity index (χ2n) is 30.5. The molecule has 0 saturated carbocycles. The predicted octanol–water partition coefficient (Wildman–Crippen LogP) is 17.2. The average molecular weight is 1060 g/mol. The molecule has 6 aromatic rings. The minimum atomic E-state index is -0.367. The molecule has 0 saturated heterocycles. The van der Waals surface area contributed by atoms with E-state index in [2.05, 4.69) is 225 Å². The zero-order chi connectivity index (χ0) is 58.8. The maximum Gasteiger partial charge on any atom is 0.231 e. The summed E-state index contributed by atoms with van der Waals surface area (Å²) in [5.41, 5.74) is 8.79. The van der Waals surface area contributed by atoms with E-state index >= 15 is 0 Å². The van der Waals surface area contributed by atoms with Crippen LogP contribution in [0.4, 0.5) is 11.9 Å². The molecule has 1 aromatic heterocycles. The molecule has 0 spiro atoms. The predicted molar refractivity (Wildman–Crippen MR) is 327 cm³/mol. The molecule has 6 rings (SSSR count). The normalized spacial score (nSPS) is 13.3. The third-order valence-electron chi connectivity index (χ3n) is 14.8. The first-order chi connectivity index (χ1) is 35.3. The summed E-state index contributed by atoms with van der Waals surface area (Å²) in [6.07, 6.45) is 0. The smallest absolute Gasteiger partial charge is 0.231 e. The van der Waals surface area contributed by atoms with E-state index in [0.717, 1.165) is 72.3 Å². The van der Waals surface area contributed by atoms with Gasteiger partial charge in [-0.15, -0.1) is 0 Å². The first-order valence-electron chi connectivity index (χ1n) is 28.1. The lowest BCUT2D eigenvalue weighted by molar-refractivity contribution is 0.421. The molecule has 0 amide bonds. The summed E-state index contributed by atoms with van der Waals surface area (Å²) in [5, 5.41) is 47.9. The van der Waals surface area contributed by atoms with Crippen LogP contribution in [-0.2, 0) is 69.5 Å². The monoisotopic (exact) mass is 1060 g/mol. The van der Waals surface area contributed by atoms with Crippen molar-refractivity contribution in [3.8, 4) is 34.4 Å². The van der Waals surface area contributed by atoms with E-state index in [1.54, 1.807) is 0 Å². The number of aromatic hydroxyl groups is 4. The number of nitrogens with zero attached hydrogens (tertiary/aromatic N) is 5. The molecule has 0 unspecified atom stereocenters. The van der Waals surface area contributed by atoms with Gasteiger partial charge < -0.3 is 30.2 Å². The first-order valence-corrected chi connectivity index (χ1v) is 28.1. The van der Waals surface area contributed by atoms with Crippen molar-refractivity contribution in [2.45, 2.75) is 236 Å². The molecule has 0 atom stereocenters. The Balaban J connectivity index is 1.75. The van der Waals surface area contributed by atoms with Gasteiger partial charge in [0.05, 0.1) is 0 Å². The second-order valence-corrected chi connectivity index (χ2v) is 30.5. The Morgan fingerprint density at radius 2 is 0.487 bits per heavy atom. The van der Waals surface area contributed by atoms with E-state index in [1.807, 2.05) is 30.3 Å². The highest BCUT2D eigenvalue weighted by Crippen LogP contribution is 2.45. The Kier molecular flexibility index (Phi) is 16.6. The van der Waals surface area contributed by atoms with E-state index in [0.29, 0.717) is 66.9 Å². The second kappa shape index (κ2) is 21.2. The van der Waals surface area contributed by atoms with Gasteiger partial charge in [0.1, 0.15) is 23.0 Å². The van der Waals surface area contributed by atoms with Gasteiger partial charge in [-0.2, -0.15) is 15.0 Å². The van der Waals surface area contributed by atoms with E-state index in [4.69, 9.17) is 15.0 Å². The van der Waals surface area contributed by atoms with Crippen molar-refractivity contribution in [3.05, 3.63) is 146 Å². The molecule has 1 heterocycles. The molecule has 78 heavy (non-hydrogen) atoms. The standard InChI is InChI=1S/C69H97N5O4/c1-62(2,3)47-30-42(31-48(55(47)75)63(4,5)6)38-73(39-43-32-49(64(7,8)9)56(76)50(33-43)65(10,11)12)60-70-59(46-28-26-25-27-29-46)71-61(72-60)74(40-44-34-51(66(13,14)15)57(77)52(35-44)67(16,17)18)41-45-36-53(68(19,20)21)58(78)54(37-45)69(22,23)24/h25-37,75-78H,38-41H2,1-24H3. The minimum absolute atomic E-state index is 0.315. The zero-order valence-electron chi connectivity index (χ0n) is 52.4. The number of phenols is 4. The summed E-state index contributed by atoms with van der Waals surface area (Å²) >= 11 is 0. The third kappa shape index (κ3) is 14.0. The van der Waals surface area contributed by atoms with Gasteiger partial charge >= 0.3 is 0 Å². The van der Waals surface area contributed by atoms with Crippen LogP contribution in [0.1, 0.15) is 233 Å². The number of rotatable bonds is 11. The number of anilines is 2. The molecule has 9 heteroatoms. The van der Waals surface area contributed by atoms with Crippen LogP contribution < -0.4 is 9.80 Å². The highest BCUT2D eigenvalue weighted by atomic mass is 16.3. The van der Waals surface area contributed by atoms with Crippen LogP contribution >= 0.6 is 0 Å². The van der Waals surface area contributed by atoms with Gasteiger partial charge in [-0.3, -0.25) is 0 Å². The van der Waals surface area contributed by atoms with Crippen LogP contribution in [-0.4, -0.2) is 35.4 Å². The SMILES string of the molecule is CC(C)(C)c1cc(CN(Cc2cc(C(C)(C)C)c(O)c(C(C)(C)C)c2)c2nc(-c3ccccc3)nc(N(Cc3cc(C(C)(C)C)c(O)c(C(C)(C)C)c3)Cc3cc(C(C)(C)C)c(O)c(C(C)(C)C)c3)n2)cc(C(C)(C)C)c1O. The van der Waals surface area contributed by atoms with Crippen molar-refractivity contribution in [3.63, 3.8) is 0 Å². The lowest BCUT2D eigenvalue weighted by atomic mass is 9.78. The summed E-state index contributed by atoms with van der Waals surface area (Å²) in [6, 6.07) is 27.1. The van der Waals surface area contributed by atoms with Crippen molar-refractivity contribution >= 4 is 11.9 Å². The molecule has 0 radical (unpaired) electrons. The number of hydrogen-bond donors (Lipinski definition) is 4. The van der Waals surface area contributed by atoms with E-state index < -0.39 is 0 Å². The van der Waals surface area contributed by atoms with Crippen LogP contribution in [0.25, 0.3) is 11.4 Å². The maximum absolute atomic E-state index is 12.0. The van der Waals surface area contributed by atoms with Gasteiger partial charge in [0.25, 0.3) is 0 Å². The van der Waals surface area contributed by atoms with Gasteiger partial charge in [0, 0.05) is 31.7 Å². The maximum atomic E-state index is 12.0. The summed E-state index contributed by atoms with van der Waals surface area (Å²) in [5.74, 6) is 2.69. The van der Waals surface area contributed by atoms with E-state index in [9.17, 15) is 20.4 Å². The topological polar surface area (TPSA) is 126 Å². The highest BCUT2D eigenvalue weighted by molar-refractivity contribution is 5.61. The Morgan fingerprint density at radius 3 is 0.667 bits per heavy atom. The van der Waals surface area contributed by atoms with Gasteiger partial charge in [-0.05, 0) is 159 Å². The molecule has 0 aliphatic heterocycles. The summed E-state index contributed by atoms with van der Waals surface area (Å²) in [4.78, 5) is 20.9. The Hall–Kier alpha value is -6.09. The molecule has 0 aliphatic carbocycles. The van der Waals surface area contributed by atoms with Crippen molar-refractivity contribution < 1.29 is 20.4 Å². The van der Waals surface area contributed by atoms with Crippen LogP contribution in [0.3, 0.4) is 0 Å². The van der Waals surface area contributed by atoms with Gasteiger partial charge in [0.15, 0.2) is 5.82 Å². The van der Waals surface area contributed by atoms with Crippen molar-refractivity contribution in [1.82, 2.24) is 15.0 Å². The minimum Gasteiger partial charge on any atom is -0.507 e. The molecule has 5 aromatic carbocycles. The Bertz CT molecular complexity index is 2640. The third-order valence-corrected chi connectivity index (χ3v) is 14.8. The Morgan fingerprint density at radius 1 is 0.295 bits per heavy atom. The van der Waals surface area contributed by atoms with E-state index in [1.165, 1.54) is 0 Å². The summed E-state index contributed by atoms with van der Waals surface area (Å²) < 4.78 is 0. The summed E-state index contributed by atoms with van der Waals surface area (Å²) in [7, 11) is 0. The highest BCUT2D eigenvalue weighted by Gasteiger charge is 2.33. The lowest BCUT2D eigenvalue weighted by Gasteiger charge is -2.32. The molecule has 0 fully saturated rings. The van der Waals surface area contributed by atoms with Crippen molar-refractivity contribution in [2.75, 3.05) is 9.80 Å². The van der Waals surface area contributed by atoms with Crippen molar-refractivity contribution in [2.24, 2.45) is 0 Å². The van der Waals surface area contributed by atoms with E-state index in [-0.39, 0.29) is 43.3 Å². The van der Waals surface area contributed by atoms with Gasteiger partial charge in [-0.25, -0.2) is 0 Å². The van der Waals surface area contributed by atoms with Gasteiger partial charge in [-0.1, -0.05) is 197 Å². The van der Waals surface area contributed by atoms with Crippen LogP contribution in [0.2, 0.25) is 0 Å². The number of benzene rings is 5. The largest absolute Gasteiger partial charge is 0.507 e. The molecular weight excluding hydrogens is 963 g/mol. The fourth-order valence-electron chi connectivity index (χ4n) is 10.3. The molecule has 0 aliphatic rings. The molecule has 4 N–H and O–H groups in total.